The molecule has 0 atom stereocenters. The van der Waals surface area contributed by atoms with E-state index < -0.39 is 5.91 Å². The van der Waals surface area contributed by atoms with Crippen LogP contribution < -0.4 is 14.8 Å². The number of ether oxygens (including phenoxy) is 2. The Hall–Kier alpha value is -3.02. The van der Waals surface area contributed by atoms with Crippen molar-refractivity contribution >= 4 is 11.7 Å². The van der Waals surface area contributed by atoms with Crippen molar-refractivity contribution in [3.8, 4) is 17.2 Å². The van der Waals surface area contributed by atoms with Gasteiger partial charge in [0, 0.05) is 17.3 Å². The highest BCUT2D eigenvalue weighted by atomic mass is 16.5. The molecule has 1 aromatic carbocycles. The van der Waals surface area contributed by atoms with Crippen molar-refractivity contribution in [2.75, 3.05) is 19.5 Å². The van der Waals surface area contributed by atoms with E-state index in [1.54, 1.807) is 24.3 Å². The second-order valence-corrected chi connectivity index (χ2v) is 4.69. The number of aromatic nitrogens is 1. The molecule has 2 N–H and O–H groups in total. The Labute approximate surface area is 134 Å². The predicted octanol–water partition coefficient (Wildman–Crippen LogP) is 2.79. The van der Waals surface area contributed by atoms with E-state index in [1.165, 1.54) is 26.5 Å². The normalized spacial score (nSPS) is 10.0. The molecule has 0 fully saturated rings. The van der Waals surface area contributed by atoms with Crippen molar-refractivity contribution in [3.05, 3.63) is 54.2 Å². The monoisotopic (exact) mass is 314 g/mol. The molecule has 0 aliphatic rings. The molecule has 6 nitrogen and oxygen atoms in total. The molecule has 0 unspecified atom stereocenters. The zero-order chi connectivity index (χ0) is 16.8. The third kappa shape index (κ3) is 3.60. The lowest BCUT2D eigenvalue weighted by Crippen LogP contribution is -2.14. The number of anilines is 1. The minimum absolute atomic E-state index is 0.0950. The maximum Gasteiger partial charge on any atom is 0.257 e. The van der Waals surface area contributed by atoms with Gasteiger partial charge in [0.25, 0.3) is 5.91 Å². The number of nitrogens with one attached hydrogen (secondary N) is 1. The largest absolute Gasteiger partial charge is 0.504 e. The fourth-order valence-electron chi connectivity index (χ4n) is 2.15. The number of hydrogen-bond acceptors (Lipinski definition) is 5. The zero-order valence-corrected chi connectivity index (χ0v) is 13.0. The van der Waals surface area contributed by atoms with Crippen molar-refractivity contribution in [2.45, 2.75) is 6.42 Å². The molecule has 0 spiro atoms. The van der Waals surface area contributed by atoms with Crippen LogP contribution in [0.15, 0.2) is 43.1 Å². The number of allylic oxidation sites excluding steroid dienone is 1. The van der Waals surface area contributed by atoms with Crippen LogP contribution in [0.25, 0.3) is 0 Å². The molecule has 0 aliphatic carbocycles. The fraction of sp³-hybridized carbons (Fsp3) is 0.176. The molecule has 2 rings (SSSR count). The zero-order valence-electron chi connectivity index (χ0n) is 13.0. The SMILES string of the molecule is C=CCc1cc(C(=O)Nc2ncccc2O)cc(OC)c1OC. The maximum absolute atomic E-state index is 12.4. The summed E-state index contributed by atoms with van der Waals surface area (Å²) in [7, 11) is 3.04. The summed E-state index contributed by atoms with van der Waals surface area (Å²) < 4.78 is 10.6. The van der Waals surface area contributed by atoms with Gasteiger partial charge in [0.05, 0.1) is 14.2 Å². The number of pyridine rings is 1. The smallest absolute Gasteiger partial charge is 0.257 e. The minimum Gasteiger partial charge on any atom is -0.504 e. The molecule has 0 aliphatic heterocycles. The average Bonchev–Trinajstić information content (AvgIpc) is 2.56. The van der Waals surface area contributed by atoms with Crippen molar-refractivity contribution in [2.24, 2.45) is 0 Å². The van der Waals surface area contributed by atoms with E-state index in [4.69, 9.17) is 9.47 Å². The van der Waals surface area contributed by atoms with Gasteiger partial charge in [-0.15, -0.1) is 6.58 Å². The predicted molar refractivity (Wildman–Crippen MR) is 87.3 cm³/mol. The van der Waals surface area contributed by atoms with E-state index in [0.717, 1.165) is 5.56 Å². The molecule has 0 bridgehead atoms. The van der Waals surface area contributed by atoms with E-state index >= 15 is 0 Å². The first-order valence-corrected chi connectivity index (χ1v) is 6.91. The lowest BCUT2D eigenvalue weighted by molar-refractivity contribution is 0.102. The van der Waals surface area contributed by atoms with Gasteiger partial charge in [-0.2, -0.15) is 0 Å². The van der Waals surface area contributed by atoms with Crippen LogP contribution in [0.3, 0.4) is 0 Å². The summed E-state index contributed by atoms with van der Waals surface area (Å²) >= 11 is 0. The molecule has 0 saturated heterocycles. The van der Waals surface area contributed by atoms with Gasteiger partial charge in [0.2, 0.25) is 0 Å². The molecule has 0 saturated carbocycles. The number of carbonyl (C=O) groups is 1. The topological polar surface area (TPSA) is 80.7 Å². The maximum atomic E-state index is 12.4. The highest BCUT2D eigenvalue weighted by molar-refractivity contribution is 6.05. The van der Waals surface area contributed by atoms with E-state index in [-0.39, 0.29) is 11.6 Å². The van der Waals surface area contributed by atoms with Crippen LogP contribution in [0, 0.1) is 0 Å². The summed E-state index contributed by atoms with van der Waals surface area (Å²) in [6.45, 7) is 3.70. The summed E-state index contributed by atoms with van der Waals surface area (Å²) in [5.41, 5.74) is 1.14. The number of benzene rings is 1. The molecule has 2 aromatic rings. The summed E-state index contributed by atoms with van der Waals surface area (Å²) in [6, 6.07) is 6.28. The van der Waals surface area contributed by atoms with Gasteiger partial charge in [-0.05, 0) is 30.7 Å². The molecule has 6 heteroatoms. The van der Waals surface area contributed by atoms with Crippen LogP contribution in [0.1, 0.15) is 15.9 Å². The van der Waals surface area contributed by atoms with Crippen LogP contribution in [-0.4, -0.2) is 30.2 Å². The molecular formula is C17H18N2O4. The average molecular weight is 314 g/mol. The third-order valence-electron chi connectivity index (χ3n) is 3.20. The highest BCUT2D eigenvalue weighted by Gasteiger charge is 2.16. The van der Waals surface area contributed by atoms with Crippen LogP contribution in [0.4, 0.5) is 5.82 Å². The fourth-order valence-corrected chi connectivity index (χ4v) is 2.15. The van der Waals surface area contributed by atoms with Gasteiger partial charge < -0.3 is 19.9 Å². The Morgan fingerprint density at radius 2 is 2.17 bits per heavy atom. The van der Waals surface area contributed by atoms with Crippen molar-refractivity contribution < 1.29 is 19.4 Å². The van der Waals surface area contributed by atoms with E-state index in [0.29, 0.717) is 23.5 Å². The number of aromatic hydroxyl groups is 1. The standard InChI is InChI=1S/C17H18N2O4/c1-4-6-11-9-12(10-14(22-2)15(11)23-3)17(21)19-16-13(20)7-5-8-18-16/h4-5,7-10,20H,1,6H2,2-3H3,(H,18,19,21). The number of nitrogens with zero attached hydrogens (tertiary/aromatic N) is 1. The first-order valence-electron chi connectivity index (χ1n) is 6.91. The van der Waals surface area contributed by atoms with Gasteiger partial charge in [-0.1, -0.05) is 6.08 Å². The Morgan fingerprint density at radius 1 is 1.39 bits per heavy atom. The van der Waals surface area contributed by atoms with E-state index in [2.05, 4.69) is 16.9 Å². The van der Waals surface area contributed by atoms with Crippen LogP contribution >= 0.6 is 0 Å². The summed E-state index contributed by atoms with van der Waals surface area (Å²) in [5.74, 6) is 0.585. The Bertz CT molecular complexity index is 729. The van der Waals surface area contributed by atoms with E-state index in [1.807, 2.05) is 0 Å². The number of methoxy groups -OCH3 is 2. The third-order valence-corrected chi connectivity index (χ3v) is 3.20. The minimum atomic E-state index is -0.412. The number of amides is 1. The van der Waals surface area contributed by atoms with Gasteiger partial charge in [0.15, 0.2) is 23.1 Å². The van der Waals surface area contributed by atoms with Crippen molar-refractivity contribution in [3.63, 3.8) is 0 Å². The Kier molecular flexibility index (Phi) is 5.19. The molecule has 1 amide bonds. The van der Waals surface area contributed by atoms with Crippen LogP contribution in [0.5, 0.6) is 17.2 Å². The summed E-state index contributed by atoms with van der Waals surface area (Å²) in [5, 5.41) is 12.3. The summed E-state index contributed by atoms with van der Waals surface area (Å²) in [4.78, 5) is 16.3. The van der Waals surface area contributed by atoms with Gasteiger partial charge in [0.1, 0.15) is 0 Å². The van der Waals surface area contributed by atoms with Gasteiger partial charge in [-0.3, -0.25) is 4.79 Å². The lowest BCUT2D eigenvalue weighted by atomic mass is 10.0. The molecule has 120 valence electrons. The first kappa shape index (κ1) is 16.4. The molecule has 1 aromatic heterocycles. The number of rotatable bonds is 6. The molecular weight excluding hydrogens is 296 g/mol. The van der Waals surface area contributed by atoms with Crippen LogP contribution in [0.2, 0.25) is 0 Å². The number of carbonyl (C=O) groups excluding carboxylic acids is 1. The van der Waals surface area contributed by atoms with Crippen LogP contribution in [-0.2, 0) is 6.42 Å². The van der Waals surface area contributed by atoms with Gasteiger partial charge >= 0.3 is 0 Å². The summed E-state index contributed by atoms with van der Waals surface area (Å²) in [6.07, 6.45) is 3.71. The second-order valence-electron chi connectivity index (χ2n) is 4.69. The van der Waals surface area contributed by atoms with Crippen molar-refractivity contribution in [1.82, 2.24) is 4.98 Å². The van der Waals surface area contributed by atoms with E-state index in [9.17, 15) is 9.90 Å². The Morgan fingerprint density at radius 3 is 2.78 bits per heavy atom. The quantitative estimate of drug-likeness (QED) is 0.801. The molecule has 23 heavy (non-hydrogen) atoms. The second kappa shape index (κ2) is 7.31. The van der Waals surface area contributed by atoms with Gasteiger partial charge in [-0.25, -0.2) is 4.98 Å². The lowest BCUT2D eigenvalue weighted by Gasteiger charge is -2.14. The highest BCUT2D eigenvalue weighted by Crippen LogP contribution is 2.33. The van der Waals surface area contributed by atoms with Crippen molar-refractivity contribution in [1.29, 1.82) is 0 Å². The molecule has 1 heterocycles. The Balaban J connectivity index is 2.38. The number of hydrogen-bond donors (Lipinski definition) is 2. The first-order chi connectivity index (χ1) is 11.1. The molecule has 0 radical (unpaired) electrons.